The van der Waals surface area contributed by atoms with Gasteiger partial charge in [0.05, 0.1) is 5.69 Å². The van der Waals surface area contributed by atoms with Crippen LogP contribution in [0.1, 0.15) is 0 Å². The second-order valence-corrected chi connectivity index (χ2v) is 4.38. The van der Waals surface area contributed by atoms with E-state index in [1.54, 1.807) is 13.1 Å². The summed E-state index contributed by atoms with van der Waals surface area (Å²) >= 11 is 0. The first-order valence-corrected chi connectivity index (χ1v) is 5.75. The van der Waals surface area contributed by atoms with Crippen LogP contribution < -0.4 is 5.56 Å². The van der Waals surface area contributed by atoms with Gasteiger partial charge in [-0.2, -0.15) is 5.10 Å². The van der Waals surface area contributed by atoms with Gasteiger partial charge in [0, 0.05) is 42.8 Å². The smallest absolute Gasteiger partial charge is 0.266 e. The summed E-state index contributed by atoms with van der Waals surface area (Å²) in [6, 6.07) is 11.5. The van der Waals surface area contributed by atoms with Gasteiger partial charge in [-0.25, -0.2) is 4.68 Å². The topological polar surface area (TPSA) is 39.8 Å². The van der Waals surface area contributed by atoms with E-state index in [4.69, 9.17) is 0 Å². The molecule has 2 aromatic heterocycles. The van der Waals surface area contributed by atoms with Gasteiger partial charge in [0.15, 0.2) is 0 Å². The lowest BCUT2D eigenvalue weighted by Gasteiger charge is -2.03. The average molecular weight is 239 g/mol. The maximum absolute atomic E-state index is 11.3. The highest BCUT2D eigenvalue weighted by Gasteiger charge is 2.04. The molecule has 0 N–H and O–H groups in total. The van der Waals surface area contributed by atoms with Crippen molar-refractivity contribution >= 4 is 10.9 Å². The molecule has 18 heavy (non-hydrogen) atoms. The largest absolute Gasteiger partial charge is 0.351 e. The molecule has 0 saturated carbocycles. The van der Waals surface area contributed by atoms with Gasteiger partial charge in [0.25, 0.3) is 5.56 Å². The summed E-state index contributed by atoms with van der Waals surface area (Å²) in [6.07, 6.45) is 2.03. The van der Waals surface area contributed by atoms with Crippen molar-refractivity contribution < 1.29 is 0 Å². The third kappa shape index (κ3) is 1.62. The first kappa shape index (κ1) is 10.8. The standard InChI is InChI=1S/C14H13N3O/c1-16-8-7-11-9-10(3-5-13(11)16)12-4-6-14(18)17(2)15-12/h3-9H,1-2H3. The molecule has 1 aromatic carbocycles. The van der Waals surface area contributed by atoms with Gasteiger partial charge in [-0.05, 0) is 24.3 Å². The number of hydrogen-bond donors (Lipinski definition) is 0. The van der Waals surface area contributed by atoms with E-state index in [1.807, 2.05) is 19.3 Å². The monoisotopic (exact) mass is 239 g/mol. The molecule has 0 bridgehead atoms. The Kier molecular flexibility index (Phi) is 2.30. The number of aromatic nitrogens is 3. The molecule has 3 aromatic rings. The number of fused-ring (bicyclic) bond motifs is 1. The van der Waals surface area contributed by atoms with Gasteiger partial charge in [-0.3, -0.25) is 4.79 Å². The molecular weight excluding hydrogens is 226 g/mol. The molecule has 0 fully saturated rings. The van der Waals surface area contributed by atoms with E-state index in [2.05, 4.69) is 27.9 Å². The highest BCUT2D eigenvalue weighted by molar-refractivity contribution is 5.84. The fraction of sp³-hybridized carbons (Fsp3) is 0.143. The van der Waals surface area contributed by atoms with E-state index in [0.29, 0.717) is 0 Å². The van der Waals surface area contributed by atoms with Gasteiger partial charge in [-0.15, -0.1) is 0 Å². The molecule has 0 aliphatic heterocycles. The van der Waals surface area contributed by atoms with E-state index in [1.165, 1.54) is 21.7 Å². The fourth-order valence-electron chi connectivity index (χ4n) is 2.10. The normalized spacial score (nSPS) is 11.0. The van der Waals surface area contributed by atoms with Crippen LogP contribution in [0.4, 0.5) is 0 Å². The molecule has 3 rings (SSSR count). The lowest BCUT2D eigenvalue weighted by atomic mass is 10.1. The minimum atomic E-state index is -0.0976. The third-order valence-corrected chi connectivity index (χ3v) is 3.14. The van der Waals surface area contributed by atoms with Crippen LogP contribution in [0, 0.1) is 0 Å². The maximum atomic E-state index is 11.3. The van der Waals surface area contributed by atoms with Crippen molar-refractivity contribution in [3.8, 4) is 11.3 Å². The molecule has 0 aliphatic carbocycles. The Morgan fingerprint density at radius 3 is 2.67 bits per heavy atom. The fourth-order valence-corrected chi connectivity index (χ4v) is 2.10. The van der Waals surface area contributed by atoms with Gasteiger partial charge in [0.1, 0.15) is 0 Å². The van der Waals surface area contributed by atoms with Crippen LogP contribution in [0.5, 0.6) is 0 Å². The van der Waals surface area contributed by atoms with E-state index in [0.717, 1.165) is 11.3 Å². The minimum absolute atomic E-state index is 0.0976. The number of aryl methyl sites for hydroxylation is 2. The quantitative estimate of drug-likeness (QED) is 0.651. The molecule has 0 amide bonds. The molecule has 0 unspecified atom stereocenters. The zero-order valence-electron chi connectivity index (χ0n) is 10.3. The van der Waals surface area contributed by atoms with Crippen LogP contribution in [0.25, 0.3) is 22.2 Å². The Labute approximate surface area is 104 Å². The third-order valence-electron chi connectivity index (χ3n) is 3.14. The molecule has 2 heterocycles. The number of nitrogens with zero attached hydrogens (tertiary/aromatic N) is 3. The first-order valence-electron chi connectivity index (χ1n) is 5.75. The predicted octanol–water partition coefficient (Wildman–Crippen LogP) is 1.94. The summed E-state index contributed by atoms with van der Waals surface area (Å²) in [4.78, 5) is 11.3. The molecule has 0 aliphatic rings. The Morgan fingerprint density at radius 2 is 1.89 bits per heavy atom. The van der Waals surface area contributed by atoms with E-state index in [-0.39, 0.29) is 5.56 Å². The maximum Gasteiger partial charge on any atom is 0.266 e. The zero-order chi connectivity index (χ0) is 12.7. The summed E-state index contributed by atoms with van der Waals surface area (Å²) < 4.78 is 3.43. The highest BCUT2D eigenvalue weighted by atomic mass is 16.1. The average Bonchev–Trinajstić information content (AvgIpc) is 2.74. The second kappa shape index (κ2) is 3.84. The second-order valence-electron chi connectivity index (χ2n) is 4.38. The molecule has 90 valence electrons. The van der Waals surface area contributed by atoms with E-state index >= 15 is 0 Å². The highest BCUT2D eigenvalue weighted by Crippen LogP contribution is 2.22. The van der Waals surface area contributed by atoms with Crippen LogP contribution >= 0.6 is 0 Å². The van der Waals surface area contributed by atoms with Crippen molar-refractivity contribution in [1.82, 2.24) is 14.3 Å². The van der Waals surface area contributed by atoms with Crippen molar-refractivity contribution in [1.29, 1.82) is 0 Å². The Balaban J connectivity index is 2.18. The van der Waals surface area contributed by atoms with Gasteiger partial charge in [-0.1, -0.05) is 6.07 Å². The summed E-state index contributed by atoms with van der Waals surface area (Å²) in [7, 11) is 3.68. The summed E-state index contributed by atoms with van der Waals surface area (Å²) in [5.41, 5.74) is 2.91. The van der Waals surface area contributed by atoms with Crippen molar-refractivity contribution in [2.75, 3.05) is 0 Å². The van der Waals surface area contributed by atoms with E-state index in [9.17, 15) is 4.79 Å². The van der Waals surface area contributed by atoms with Crippen molar-refractivity contribution in [3.63, 3.8) is 0 Å². The molecule has 0 saturated heterocycles. The molecule has 0 radical (unpaired) electrons. The summed E-state index contributed by atoms with van der Waals surface area (Å²) in [5.74, 6) is 0. The van der Waals surface area contributed by atoms with Gasteiger partial charge >= 0.3 is 0 Å². The van der Waals surface area contributed by atoms with Crippen LogP contribution in [-0.2, 0) is 14.1 Å². The zero-order valence-corrected chi connectivity index (χ0v) is 10.3. The molecule has 0 atom stereocenters. The van der Waals surface area contributed by atoms with Crippen molar-refractivity contribution in [2.45, 2.75) is 0 Å². The van der Waals surface area contributed by atoms with Crippen LogP contribution in [0.3, 0.4) is 0 Å². The number of benzene rings is 1. The first-order chi connectivity index (χ1) is 8.65. The van der Waals surface area contributed by atoms with Crippen LogP contribution in [0.15, 0.2) is 47.4 Å². The molecular formula is C14H13N3O. The predicted molar refractivity (Wildman–Crippen MR) is 71.4 cm³/mol. The van der Waals surface area contributed by atoms with E-state index < -0.39 is 0 Å². The van der Waals surface area contributed by atoms with Gasteiger partial charge in [0.2, 0.25) is 0 Å². The van der Waals surface area contributed by atoms with Crippen molar-refractivity contribution in [3.05, 3.63) is 52.9 Å². The lowest BCUT2D eigenvalue weighted by molar-refractivity contribution is 0.712. The Hall–Kier alpha value is -2.36. The van der Waals surface area contributed by atoms with Crippen molar-refractivity contribution in [2.24, 2.45) is 14.1 Å². The van der Waals surface area contributed by atoms with Gasteiger partial charge < -0.3 is 4.57 Å². The SMILES string of the molecule is Cn1nc(-c2ccc3c(ccn3C)c2)ccc1=O. The van der Waals surface area contributed by atoms with Crippen LogP contribution in [0.2, 0.25) is 0 Å². The lowest BCUT2D eigenvalue weighted by Crippen LogP contribution is -2.18. The molecule has 4 heteroatoms. The van der Waals surface area contributed by atoms with Crippen LogP contribution in [-0.4, -0.2) is 14.3 Å². The Bertz CT molecular complexity index is 783. The number of hydrogen-bond acceptors (Lipinski definition) is 2. The minimum Gasteiger partial charge on any atom is -0.351 e. The number of rotatable bonds is 1. The molecule has 0 spiro atoms. The molecule has 4 nitrogen and oxygen atoms in total. The summed E-state index contributed by atoms with van der Waals surface area (Å²) in [6.45, 7) is 0. The summed E-state index contributed by atoms with van der Waals surface area (Å²) in [5, 5.41) is 5.43. The Morgan fingerprint density at radius 1 is 1.06 bits per heavy atom.